The molecule has 1 unspecified atom stereocenters. The number of anilines is 2. The minimum absolute atomic E-state index is 0.138. The van der Waals surface area contributed by atoms with Crippen LogP contribution in [-0.2, 0) is 24.1 Å². The van der Waals surface area contributed by atoms with Gasteiger partial charge in [0.1, 0.15) is 18.2 Å². The van der Waals surface area contributed by atoms with Crippen molar-refractivity contribution in [2.45, 2.75) is 89.4 Å². The quantitative estimate of drug-likeness (QED) is 0.453. The molecule has 3 atom stereocenters. The number of phenols is 1. The molecule has 1 aromatic carbocycles. The van der Waals surface area contributed by atoms with Crippen LogP contribution >= 0.6 is 0 Å². The van der Waals surface area contributed by atoms with Crippen LogP contribution in [0.5, 0.6) is 11.8 Å². The molecule has 2 fully saturated rings. The van der Waals surface area contributed by atoms with Gasteiger partial charge in [0.2, 0.25) is 5.91 Å². The number of aryl methyl sites for hydroxylation is 1. The minimum Gasteiger partial charge on any atom is -0.508 e. The normalized spacial score (nSPS) is 23.7. The third-order valence-corrected chi connectivity index (χ3v) is 9.93. The maximum Gasteiger partial charge on any atom is 0.318 e. The van der Waals surface area contributed by atoms with Gasteiger partial charge >= 0.3 is 6.01 Å². The molecule has 1 amide bonds. The van der Waals surface area contributed by atoms with E-state index in [2.05, 4.69) is 47.3 Å². The van der Waals surface area contributed by atoms with Crippen molar-refractivity contribution < 1.29 is 14.6 Å². The minimum atomic E-state index is -0.235. The Labute approximate surface area is 260 Å². The molecule has 1 aromatic heterocycles. The molecule has 1 aliphatic carbocycles. The second kappa shape index (κ2) is 13.0. The van der Waals surface area contributed by atoms with Gasteiger partial charge in [0.05, 0.1) is 24.2 Å². The molecule has 0 saturated carbocycles. The summed E-state index contributed by atoms with van der Waals surface area (Å²) in [6, 6.07) is 9.26. The number of carbonyl (C=O) groups is 1. The largest absolute Gasteiger partial charge is 0.508 e. The van der Waals surface area contributed by atoms with Gasteiger partial charge in [-0.2, -0.15) is 15.2 Å². The predicted molar refractivity (Wildman–Crippen MR) is 170 cm³/mol. The van der Waals surface area contributed by atoms with Crippen LogP contribution in [0.15, 0.2) is 30.9 Å². The number of nitrogens with zero attached hydrogens (tertiary/aromatic N) is 7. The first-order valence-corrected chi connectivity index (χ1v) is 16.3. The van der Waals surface area contributed by atoms with Crippen molar-refractivity contribution >= 4 is 17.4 Å². The lowest BCUT2D eigenvalue weighted by Crippen LogP contribution is -2.55. The summed E-state index contributed by atoms with van der Waals surface area (Å²) in [4.78, 5) is 31.6. The van der Waals surface area contributed by atoms with E-state index in [1.54, 1.807) is 11.0 Å². The summed E-state index contributed by atoms with van der Waals surface area (Å²) in [5, 5.41) is 19.8. The fraction of sp³-hybridized carbons (Fsp3) is 0.588. The monoisotopic (exact) mass is 599 g/mol. The van der Waals surface area contributed by atoms with Crippen LogP contribution in [0.25, 0.3) is 0 Å². The second-order valence-electron chi connectivity index (χ2n) is 12.9. The third-order valence-electron chi connectivity index (χ3n) is 9.93. The molecule has 10 nitrogen and oxygen atoms in total. The van der Waals surface area contributed by atoms with Crippen LogP contribution in [0.2, 0.25) is 0 Å². The van der Waals surface area contributed by atoms with Gasteiger partial charge in [-0.15, -0.1) is 0 Å². The van der Waals surface area contributed by atoms with Gasteiger partial charge in [-0.3, -0.25) is 9.69 Å². The lowest BCUT2D eigenvalue weighted by molar-refractivity contribution is -0.128. The van der Waals surface area contributed by atoms with Crippen LogP contribution < -0.4 is 14.5 Å². The van der Waals surface area contributed by atoms with Gasteiger partial charge in [0, 0.05) is 68.0 Å². The van der Waals surface area contributed by atoms with Gasteiger partial charge in [-0.25, -0.2) is 0 Å². The van der Waals surface area contributed by atoms with Gasteiger partial charge in [-0.1, -0.05) is 12.6 Å². The number of ether oxygens (including phenoxy) is 1. The number of benzene rings is 1. The highest BCUT2D eigenvalue weighted by Crippen LogP contribution is 2.38. The summed E-state index contributed by atoms with van der Waals surface area (Å²) >= 11 is 0. The third kappa shape index (κ3) is 6.07. The van der Waals surface area contributed by atoms with E-state index in [0.29, 0.717) is 50.1 Å². The van der Waals surface area contributed by atoms with Gasteiger partial charge in [-0.05, 0) is 76.6 Å². The summed E-state index contributed by atoms with van der Waals surface area (Å²) in [7, 11) is 0. The number of carbonyl (C=O) groups excluding carboxylic acids is 1. The van der Waals surface area contributed by atoms with Crippen LogP contribution in [0.4, 0.5) is 11.5 Å². The molecule has 44 heavy (non-hydrogen) atoms. The molecular weight excluding hydrogens is 554 g/mol. The van der Waals surface area contributed by atoms with E-state index in [0.717, 1.165) is 74.4 Å². The van der Waals surface area contributed by atoms with Crippen molar-refractivity contribution in [3.8, 4) is 17.8 Å². The Morgan fingerprint density at radius 1 is 1.16 bits per heavy atom. The van der Waals surface area contributed by atoms with Crippen molar-refractivity contribution in [1.29, 1.82) is 5.26 Å². The SMILES string of the molecule is C=CC(=O)N1CCN(c2nc(OC[C@@H]3CCCN3C(C)C)nc3c2CCC(N2CCCc4ccc(O)cc42)C3)C[C@@H]1CC#N. The van der Waals surface area contributed by atoms with Crippen LogP contribution in [-0.4, -0.2) is 94.3 Å². The summed E-state index contributed by atoms with van der Waals surface area (Å²) in [6.07, 6.45) is 8.54. The number of fused-ring (bicyclic) bond motifs is 2. The first-order valence-electron chi connectivity index (χ1n) is 16.3. The molecule has 234 valence electrons. The molecule has 10 heteroatoms. The zero-order valence-electron chi connectivity index (χ0n) is 26.1. The summed E-state index contributed by atoms with van der Waals surface area (Å²) in [5.41, 5.74) is 4.58. The Bertz CT molecular complexity index is 1420. The van der Waals surface area contributed by atoms with Crippen LogP contribution in [0.1, 0.15) is 62.8 Å². The van der Waals surface area contributed by atoms with Crippen molar-refractivity contribution in [1.82, 2.24) is 19.8 Å². The number of rotatable bonds is 8. The molecule has 3 aliphatic heterocycles. The first kappa shape index (κ1) is 30.2. The van der Waals surface area contributed by atoms with E-state index in [1.165, 1.54) is 18.1 Å². The van der Waals surface area contributed by atoms with E-state index < -0.39 is 0 Å². The summed E-state index contributed by atoms with van der Waals surface area (Å²) < 4.78 is 6.40. The molecule has 0 bridgehead atoms. The molecular formula is C34H45N7O3. The Balaban J connectivity index is 1.30. The fourth-order valence-corrected chi connectivity index (χ4v) is 7.74. The number of hydrogen-bond acceptors (Lipinski definition) is 9. The van der Waals surface area contributed by atoms with Gasteiger partial charge in [0.15, 0.2) is 0 Å². The van der Waals surface area contributed by atoms with E-state index >= 15 is 0 Å². The lowest BCUT2D eigenvalue weighted by Gasteiger charge is -2.43. The smallest absolute Gasteiger partial charge is 0.318 e. The van der Waals surface area contributed by atoms with Crippen molar-refractivity contribution in [3.05, 3.63) is 47.7 Å². The number of hydrogen-bond donors (Lipinski definition) is 1. The molecule has 2 saturated heterocycles. The van der Waals surface area contributed by atoms with Crippen molar-refractivity contribution in [2.24, 2.45) is 0 Å². The number of aromatic hydroxyl groups is 1. The lowest BCUT2D eigenvalue weighted by atomic mass is 9.88. The first-order chi connectivity index (χ1) is 21.4. The fourth-order valence-electron chi connectivity index (χ4n) is 7.74. The highest BCUT2D eigenvalue weighted by Gasteiger charge is 2.36. The Morgan fingerprint density at radius 2 is 2.02 bits per heavy atom. The second-order valence-corrected chi connectivity index (χ2v) is 12.9. The molecule has 0 spiro atoms. The van der Waals surface area contributed by atoms with Crippen LogP contribution in [0.3, 0.4) is 0 Å². The average molecular weight is 600 g/mol. The number of nitriles is 1. The highest BCUT2D eigenvalue weighted by molar-refractivity contribution is 5.87. The summed E-state index contributed by atoms with van der Waals surface area (Å²) in [6.45, 7) is 12.4. The number of amides is 1. The zero-order valence-corrected chi connectivity index (χ0v) is 26.1. The van der Waals surface area contributed by atoms with Gasteiger partial charge < -0.3 is 24.5 Å². The number of likely N-dealkylation sites (tertiary alicyclic amines) is 1. The van der Waals surface area contributed by atoms with Crippen molar-refractivity contribution in [2.75, 3.05) is 49.1 Å². The molecule has 1 N–H and O–H groups in total. The maximum absolute atomic E-state index is 12.6. The molecule has 4 heterocycles. The number of piperazine rings is 1. The Morgan fingerprint density at radius 3 is 2.82 bits per heavy atom. The van der Waals surface area contributed by atoms with Crippen LogP contribution in [0, 0.1) is 11.3 Å². The molecule has 2 aromatic rings. The molecule has 6 rings (SSSR count). The zero-order chi connectivity index (χ0) is 30.8. The maximum atomic E-state index is 12.6. The Hall–Kier alpha value is -3.84. The Kier molecular flexibility index (Phi) is 8.94. The van der Waals surface area contributed by atoms with Crippen molar-refractivity contribution in [3.63, 3.8) is 0 Å². The number of aromatic nitrogens is 2. The highest BCUT2D eigenvalue weighted by atomic mass is 16.5. The van der Waals surface area contributed by atoms with E-state index in [9.17, 15) is 15.2 Å². The standard InChI is InChI=1S/C34H45N7O3/c1-4-32(43)41-18-17-38(21-26(41)13-14-35)33-29-12-10-25(40-16-5-7-24-9-11-28(42)20-31(24)40)19-30(29)36-34(37-33)44-22-27-8-6-15-39(27)23(2)3/h4,9,11,20,23,25-27,42H,1,5-8,10,12-13,15-19,21-22H2,2-3H3/t25?,26-,27-/m0/s1. The van der Waals surface area contributed by atoms with E-state index in [1.807, 2.05) is 6.07 Å². The average Bonchev–Trinajstić information content (AvgIpc) is 3.52. The summed E-state index contributed by atoms with van der Waals surface area (Å²) in [5.74, 6) is 1.04. The predicted octanol–water partition coefficient (Wildman–Crippen LogP) is 3.86. The van der Waals surface area contributed by atoms with Gasteiger partial charge in [0.25, 0.3) is 0 Å². The van der Waals surface area contributed by atoms with E-state index in [4.69, 9.17) is 14.7 Å². The number of phenolic OH excluding ortho intramolecular Hbond substituents is 1. The molecule has 0 radical (unpaired) electrons. The molecule has 4 aliphatic rings. The topological polar surface area (TPSA) is 109 Å². The van der Waals surface area contributed by atoms with E-state index in [-0.39, 0.29) is 24.4 Å².